The Bertz CT molecular complexity index is 791. The third-order valence-corrected chi connectivity index (χ3v) is 4.63. The summed E-state index contributed by atoms with van der Waals surface area (Å²) >= 11 is 5.99. The lowest BCUT2D eigenvalue weighted by Gasteiger charge is -2.36. The minimum Gasteiger partial charge on any atom is -0.350 e. The third kappa shape index (κ3) is 3.85. The molecule has 0 fully saturated rings. The predicted molar refractivity (Wildman–Crippen MR) is 98.2 cm³/mol. The number of nitrogens with one attached hydrogen (secondary N) is 1. The van der Waals surface area contributed by atoms with Gasteiger partial charge in [0.1, 0.15) is 6.04 Å². The molecule has 1 unspecified atom stereocenters. The second kappa shape index (κ2) is 7.70. The molecule has 0 saturated carbocycles. The molecule has 130 valence electrons. The molecule has 3 rings (SSSR count). The second-order valence-electron chi connectivity index (χ2n) is 6.21. The number of nitrogens with zero attached hydrogens (tertiary/aromatic N) is 1. The minimum atomic E-state index is -0.573. The van der Waals surface area contributed by atoms with Gasteiger partial charge < -0.3 is 10.2 Å². The van der Waals surface area contributed by atoms with E-state index < -0.39 is 6.04 Å². The molecule has 0 radical (unpaired) electrons. The van der Waals surface area contributed by atoms with E-state index >= 15 is 0 Å². The molecule has 0 aromatic heterocycles. The zero-order valence-electron chi connectivity index (χ0n) is 14.2. The molecule has 5 heteroatoms. The minimum absolute atomic E-state index is 0.00320. The number of hydrogen-bond donors (Lipinski definition) is 1. The smallest absolute Gasteiger partial charge is 0.247 e. The standard InChI is InChI=1S/C20H21ClN2O2/c1-2-10-23-18(24)12-15-7-3-4-9-17(15)19(23)20(25)22-13-14-6-5-8-16(21)11-14/h3-9,11,19H,2,10,12-13H2,1H3,(H,22,25). The Morgan fingerprint density at radius 3 is 2.80 bits per heavy atom. The fourth-order valence-electron chi connectivity index (χ4n) is 3.25. The van der Waals surface area contributed by atoms with Crippen molar-refractivity contribution in [3.05, 3.63) is 70.2 Å². The van der Waals surface area contributed by atoms with Crippen LogP contribution in [0.3, 0.4) is 0 Å². The highest BCUT2D eigenvalue weighted by molar-refractivity contribution is 6.30. The van der Waals surface area contributed by atoms with Crippen molar-refractivity contribution in [3.63, 3.8) is 0 Å². The van der Waals surface area contributed by atoms with E-state index in [1.165, 1.54) is 0 Å². The van der Waals surface area contributed by atoms with Crippen LogP contribution in [0.1, 0.15) is 36.1 Å². The zero-order valence-corrected chi connectivity index (χ0v) is 14.9. The fourth-order valence-corrected chi connectivity index (χ4v) is 3.46. The van der Waals surface area contributed by atoms with Crippen molar-refractivity contribution in [2.75, 3.05) is 6.54 Å². The number of fused-ring (bicyclic) bond motifs is 1. The summed E-state index contributed by atoms with van der Waals surface area (Å²) in [7, 11) is 0. The first kappa shape index (κ1) is 17.5. The quantitative estimate of drug-likeness (QED) is 0.891. The van der Waals surface area contributed by atoms with Gasteiger partial charge in [-0.25, -0.2) is 0 Å². The Hall–Kier alpha value is -2.33. The summed E-state index contributed by atoms with van der Waals surface area (Å²) in [6.45, 7) is 2.96. The Balaban J connectivity index is 1.83. The van der Waals surface area contributed by atoms with Crippen LogP contribution in [0.5, 0.6) is 0 Å². The van der Waals surface area contributed by atoms with Gasteiger partial charge in [-0.1, -0.05) is 54.9 Å². The summed E-state index contributed by atoms with van der Waals surface area (Å²) in [5.74, 6) is -0.155. The molecule has 2 aromatic carbocycles. The lowest BCUT2D eigenvalue weighted by molar-refractivity contribution is -0.141. The summed E-state index contributed by atoms with van der Waals surface area (Å²) in [5, 5.41) is 3.59. The molecular formula is C20H21ClN2O2. The van der Waals surface area contributed by atoms with Crippen molar-refractivity contribution >= 4 is 23.4 Å². The average Bonchev–Trinajstić information content (AvgIpc) is 2.60. The first-order valence-electron chi connectivity index (χ1n) is 8.49. The van der Waals surface area contributed by atoms with Gasteiger partial charge in [-0.15, -0.1) is 0 Å². The summed E-state index contributed by atoms with van der Waals surface area (Å²) in [5.41, 5.74) is 2.78. The average molecular weight is 357 g/mol. The zero-order chi connectivity index (χ0) is 17.8. The van der Waals surface area contributed by atoms with E-state index in [0.717, 1.165) is 23.1 Å². The van der Waals surface area contributed by atoms with E-state index in [4.69, 9.17) is 11.6 Å². The highest BCUT2D eigenvalue weighted by Crippen LogP contribution is 2.30. The molecular weight excluding hydrogens is 336 g/mol. The van der Waals surface area contributed by atoms with Crippen LogP contribution in [0.15, 0.2) is 48.5 Å². The summed E-state index contributed by atoms with van der Waals surface area (Å²) < 4.78 is 0. The molecule has 2 amide bonds. The summed E-state index contributed by atoms with van der Waals surface area (Å²) in [4.78, 5) is 27.1. The Labute approximate surface area is 152 Å². The number of amides is 2. The van der Waals surface area contributed by atoms with Crippen molar-refractivity contribution < 1.29 is 9.59 Å². The van der Waals surface area contributed by atoms with Gasteiger partial charge in [0.05, 0.1) is 6.42 Å². The van der Waals surface area contributed by atoms with Crippen molar-refractivity contribution in [2.24, 2.45) is 0 Å². The number of rotatable bonds is 5. The first-order valence-corrected chi connectivity index (χ1v) is 8.87. The van der Waals surface area contributed by atoms with E-state index in [2.05, 4.69) is 5.32 Å². The number of hydrogen-bond acceptors (Lipinski definition) is 2. The van der Waals surface area contributed by atoms with Crippen molar-refractivity contribution in [3.8, 4) is 0 Å². The molecule has 0 bridgehead atoms. The van der Waals surface area contributed by atoms with Gasteiger partial charge in [-0.3, -0.25) is 9.59 Å². The molecule has 0 saturated heterocycles. The second-order valence-corrected chi connectivity index (χ2v) is 6.65. The van der Waals surface area contributed by atoms with Gasteiger partial charge in [0.15, 0.2) is 0 Å². The number of carbonyl (C=O) groups is 2. The maximum atomic E-state index is 12.9. The van der Waals surface area contributed by atoms with Crippen LogP contribution in [0, 0.1) is 0 Å². The van der Waals surface area contributed by atoms with Crippen LogP contribution in [0.2, 0.25) is 5.02 Å². The first-order chi connectivity index (χ1) is 12.1. The van der Waals surface area contributed by atoms with Gasteiger partial charge in [0.25, 0.3) is 0 Å². The topological polar surface area (TPSA) is 49.4 Å². The van der Waals surface area contributed by atoms with Crippen LogP contribution < -0.4 is 5.32 Å². The predicted octanol–water partition coefficient (Wildman–Crippen LogP) is 3.49. The largest absolute Gasteiger partial charge is 0.350 e. The van der Waals surface area contributed by atoms with E-state index in [0.29, 0.717) is 24.5 Å². The van der Waals surface area contributed by atoms with E-state index in [1.807, 2.05) is 49.4 Å². The van der Waals surface area contributed by atoms with E-state index in [1.54, 1.807) is 11.0 Å². The molecule has 25 heavy (non-hydrogen) atoms. The third-order valence-electron chi connectivity index (χ3n) is 4.39. The van der Waals surface area contributed by atoms with Crippen LogP contribution in [-0.2, 0) is 22.6 Å². The molecule has 1 heterocycles. The van der Waals surface area contributed by atoms with Crippen LogP contribution in [0.4, 0.5) is 0 Å². The van der Waals surface area contributed by atoms with Crippen molar-refractivity contribution in [2.45, 2.75) is 32.4 Å². The van der Waals surface area contributed by atoms with Crippen molar-refractivity contribution in [1.82, 2.24) is 10.2 Å². The van der Waals surface area contributed by atoms with Gasteiger partial charge in [0, 0.05) is 18.1 Å². The van der Waals surface area contributed by atoms with Gasteiger partial charge in [-0.05, 0) is 35.2 Å². The lowest BCUT2D eigenvalue weighted by atomic mass is 9.91. The normalized spacial score (nSPS) is 16.5. The summed E-state index contributed by atoms with van der Waals surface area (Å²) in [6, 6.07) is 14.5. The Morgan fingerprint density at radius 1 is 1.24 bits per heavy atom. The molecule has 1 aliphatic rings. The van der Waals surface area contributed by atoms with Gasteiger partial charge >= 0.3 is 0 Å². The van der Waals surface area contributed by atoms with E-state index in [9.17, 15) is 9.59 Å². The number of halogens is 1. The summed E-state index contributed by atoms with van der Waals surface area (Å²) in [6.07, 6.45) is 1.17. The maximum absolute atomic E-state index is 12.9. The highest BCUT2D eigenvalue weighted by Gasteiger charge is 2.36. The van der Waals surface area contributed by atoms with Crippen LogP contribution in [-0.4, -0.2) is 23.3 Å². The Kier molecular flexibility index (Phi) is 5.39. The van der Waals surface area contributed by atoms with Gasteiger partial charge in [0.2, 0.25) is 11.8 Å². The maximum Gasteiger partial charge on any atom is 0.247 e. The molecule has 4 nitrogen and oxygen atoms in total. The molecule has 0 aliphatic carbocycles. The SMILES string of the molecule is CCCN1C(=O)Cc2ccccc2C1C(=O)NCc1cccc(Cl)c1. The monoisotopic (exact) mass is 356 g/mol. The van der Waals surface area contributed by atoms with E-state index in [-0.39, 0.29) is 11.8 Å². The molecule has 0 spiro atoms. The highest BCUT2D eigenvalue weighted by atomic mass is 35.5. The van der Waals surface area contributed by atoms with Crippen LogP contribution >= 0.6 is 11.6 Å². The molecule has 2 aromatic rings. The van der Waals surface area contributed by atoms with Gasteiger partial charge in [-0.2, -0.15) is 0 Å². The number of benzene rings is 2. The lowest BCUT2D eigenvalue weighted by Crippen LogP contribution is -2.47. The number of carbonyl (C=O) groups excluding carboxylic acids is 2. The Morgan fingerprint density at radius 2 is 2.04 bits per heavy atom. The molecule has 1 N–H and O–H groups in total. The molecule has 1 aliphatic heterocycles. The fraction of sp³-hybridized carbons (Fsp3) is 0.300. The van der Waals surface area contributed by atoms with Crippen molar-refractivity contribution in [1.29, 1.82) is 0 Å². The molecule has 1 atom stereocenters. The van der Waals surface area contributed by atoms with Crippen LogP contribution in [0.25, 0.3) is 0 Å².